The molecule has 0 radical (unpaired) electrons. The zero-order valence-electron chi connectivity index (χ0n) is 17.0. The first-order chi connectivity index (χ1) is 12.3. The highest BCUT2D eigenvalue weighted by atomic mass is 16.6. The van der Waals surface area contributed by atoms with Gasteiger partial charge < -0.3 is 24.2 Å². The molecule has 0 aromatic heterocycles. The fourth-order valence-electron chi connectivity index (χ4n) is 2.15. The molecule has 1 N–H and O–H groups in total. The predicted octanol–water partition coefficient (Wildman–Crippen LogP) is 1.72. The molecule has 10 heteroatoms. The summed E-state index contributed by atoms with van der Waals surface area (Å²) in [5, 5.41) is 6.89. The Balaban J connectivity index is 0.00000210. The highest BCUT2D eigenvalue weighted by molar-refractivity contribution is 5.83. The summed E-state index contributed by atoms with van der Waals surface area (Å²) in [6.45, 7) is 10.7. The molecular formula is C17H30N2O8. The van der Waals surface area contributed by atoms with Gasteiger partial charge in [-0.05, 0) is 41.5 Å². The van der Waals surface area contributed by atoms with Gasteiger partial charge in [-0.1, -0.05) is 0 Å². The van der Waals surface area contributed by atoms with Gasteiger partial charge in [-0.3, -0.25) is 9.69 Å². The van der Waals surface area contributed by atoms with Crippen molar-refractivity contribution in [3.05, 3.63) is 0 Å². The van der Waals surface area contributed by atoms with Crippen molar-refractivity contribution >= 4 is 24.6 Å². The van der Waals surface area contributed by atoms with Crippen molar-refractivity contribution in [2.24, 2.45) is 0 Å². The van der Waals surface area contributed by atoms with Crippen LogP contribution < -0.4 is 0 Å². The number of methoxy groups -OCH3 is 1. The number of carbonyl (C=O) groups is 4. The summed E-state index contributed by atoms with van der Waals surface area (Å²) in [5.41, 5.74) is -1.32. The molecule has 0 bridgehead atoms. The number of piperazine rings is 1. The second-order valence-corrected chi connectivity index (χ2v) is 7.74. The Morgan fingerprint density at radius 1 is 0.963 bits per heavy atom. The molecule has 0 saturated carbocycles. The monoisotopic (exact) mass is 390 g/mol. The van der Waals surface area contributed by atoms with Crippen LogP contribution >= 0.6 is 0 Å². The van der Waals surface area contributed by atoms with Crippen LogP contribution in [0.1, 0.15) is 41.5 Å². The van der Waals surface area contributed by atoms with Gasteiger partial charge in [-0.15, -0.1) is 0 Å². The van der Waals surface area contributed by atoms with Crippen LogP contribution in [-0.4, -0.2) is 83.5 Å². The van der Waals surface area contributed by atoms with E-state index in [1.165, 1.54) is 16.9 Å². The number of hydrogen-bond acceptors (Lipinski definition) is 7. The van der Waals surface area contributed by atoms with E-state index in [0.717, 1.165) is 0 Å². The van der Waals surface area contributed by atoms with Crippen molar-refractivity contribution in [2.45, 2.75) is 58.8 Å². The summed E-state index contributed by atoms with van der Waals surface area (Å²) in [4.78, 5) is 47.6. The number of carbonyl (C=O) groups excluding carboxylic acids is 3. The van der Waals surface area contributed by atoms with Crippen LogP contribution in [-0.2, 0) is 23.8 Å². The van der Waals surface area contributed by atoms with E-state index in [1.54, 1.807) is 41.5 Å². The normalized spacial score (nSPS) is 17.2. The number of rotatable bonds is 1. The van der Waals surface area contributed by atoms with Gasteiger partial charge in [0.2, 0.25) is 0 Å². The van der Waals surface area contributed by atoms with Crippen LogP contribution in [0, 0.1) is 0 Å². The largest absolute Gasteiger partial charge is 0.483 e. The lowest BCUT2D eigenvalue weighted by Gasteiger charge is -2.40. The Labute approximate surface area is 159 Å². The van der Waals surface area contributed by atoms with E-state index in [1.807, 2.05) is 0 Å². The second-order valence-electron chi connectivity index (χ2n) is 7.74. The molecule has 1 fully saturated rings. The van der Waals surface area contributed by atoms with Gasteiger partial charge in [0.1, 0.15) is 11.2 Å². The minimum Gasteiger partial charge on any atom is -0.483 e. The predicted molar refractivity (Wildman–Crippen MR) is 95.2 cm³/mol. The molecule has 1 atom stereocenters. The zero-order valence-corrected chi connectivity index (χ0v) is 17.0. The summed E-state index contributed by atoms with van der Waals surface area (Å²) in [7, 11) is 1.24. The third kappa shape index (κ3) is 9.11. The SMILES string of the molecule is COC(=O)[C@H]1CN(C(=O)OC(C)(C)C)CCN1C(=O)OC(C)(C)C.O=CO. The second kappa shape index (κ2) is 9.98. The Hall–Kier alpha value is -2.52. The molecule has 27 heavy (non-hydrogen) atoms. The van der Waals surface area contributed by atoms with E-state index in [0.29, 0.717) is 0 Å². The zero-order chi connectivity index (χ0) is 21.4. The maximum Gasteiger partial charge on any atom is 0.411 e. The molecule has 1 aliphatic heterocycles. The van der Waals surface area contributed by atoms with Crippen LogP contribution in [0.5, 0.6) is 0 Å². The number of esters is 1. The highest BCUT2D eigenvalue weighted by Crippen LogP contribution is 2.19. The topological polar surface area (TPSA) is 123 Å². The molecule has 10 nitrogen and oxygen atoms in total. The maximum atomic E-state index is 12.3. The van der Waals surface area contributed by atoms with Gasteiger partial charge >= 0.3 is 18.2 Å². The molecule has 1 rings (SSSR count). The summed E-state index contributed by atoms with van der Waals surface area (Å²) < 4.78 is 15.4. The van der Waals surface area contributed by atoms with Gasteiger partial charge in [0.25, 0.3) is 6.47 Å². The van der Waals surface area contributed by atoms with Crippen molar-refractivity contribution in [3.8, 4) is 0 Å². The smallest absolute Gasteiger partial charge is 0.411 e. The fourth-order valence-corrected chi connectivity index (χ4v) is 2.15. The molecule has 1 heterocycles. The van der Waals surface area contributed by atoms with Gasteiger partial charge in [0, 0.05) is 13.1 Å². The summed E-state index contributed by atoms with van der Waals surface area (Å²) in [5.74, 6) is -0.603. The number of nitrogens with zero attached hydrogens (tertiary/aromatic N) is 2. The van der Waals surface area contributed by atoms with Crippen molar-refractivity contribution in [2.75, 3.05) is 26.7 Å². The third-order valence-electron chi connectivity index (χ3n) is 3.13. The third-order valence-corrected chi connectivity index (χ3v) is 3.13. The van der Waals surface area contributed by atoms with E-state index in [4.69, 9.17) is 24.1 Å². The molecule has 0 spiro atoms. The Kier molecular flexibility index (Phi) is 9.05. The minimum absolute atomic E-state index is 0.000823. The van der Waals surface area contributed by atoms with Gasteiger partial charge in [0.15, 0.2) is 6.04 Å². The van der Waals surface area contributed by atoms with Gasteiger partial charge in [0.05, 0.1) is 13.7 Å². The van der Waals surface area contributed by atoms with E-state index in [9.17, 15) is 14.4 Å². The van der Waals surface area contributed by atoms with Crippen LogP contribution in [0.4, 0.5) is 9.59 Å². The lowest BCUT2D eigenvalue weighted by Crippen LogP contribution is -2.60. The van der Waals surface area contributed by atoms with Crippen LogP contribution in [0.3, 0.4) is 0 Å². The molecular weight excluding hydrogens is 360 g/mol. The quantitative estimate of drug-likeness (QED) is 0.408. The molecule has 0 aromatic rings. The minimum atomic E-state index is -0.925. The molecule has 2 amide bonds. The summed E-state index contributed by atoms with van der Waals surface area (Å²) in [6, 6.07) is -0.925. The summed E-state index contributed by atoms with van der Waals surface area (Å²) >= 11 is 0. The first-order valence-electron chi connectivity index (χ1n) is 8.39. The van der Waals surface area contributed by atoms with Crippen molar-refractivity contribution in [1.29, 1.82) is 0 Å². The van der Waals surface area contributed by atoms with E-state index in [-0.39, 0.29) is 26.1 Å². The van der Waals surface area contributed by atoms with Crippen LogP contribution in [0.25, 0.3) is 0 Å². The lowest BCUT2D eigenvalue weighted by atomic mass is 10.1. The first-order valence-corrected chi connectivity index (χ1v) is 8.39. The van der Waals surface area contributed by atoms with Crippen molar-refractivity contribution in [3.63, 3.8) is 0 Å². The first kappa shape index (κ1) is 24.5. The van der Waals surface area contributed by atoms with Crippen molar-refractivity contribution < 1.29 is 38.5 Å². The number of ether oxygens (including phenoxy) is 3. The number of carboxylic acid groups (broad SMARTS) is 1. The highest BCUT2D eigenvalue weighted by Gasteiger charge is 2.40. The molecule has 156 valence electrons. The number of hydrogen-bond donors (Lipinski definition) is 1. The van der Waals surface area contributed by atoms with E-state index < -0.39 is 35.4 Å². The molecule has 1 aliphatic rings. The average Bonchev–Trinajstić information content (AvgIpc) is 2.51. The van der Waals surface area contributed by atoms with Crippen LogP contribution in [0.2, 0.25) is 0 Å². The summed E-state index contributed by atoms with van der Waals surface area (Å²) in [6.07, 6.45) is -1.14. The number of amides is 2. The Morgan fingerprint density at radius 3 is 1.81 bits per heavy atom. The molecule has 0 unspecified atom stereocenters. The Morgan fingerprint density at radius 2 is 1.41 bits per heavy atom. The van der Waals surface area contributed by atoms with E-state index in [2.05, 4.69) is 0 Å². The van der Waals surface area contributed by atoms with Gasteiger partial charge in [-0.2, -0.15) is 0 Å². The fraction of sp³-hybridized carbons (Fsp3) is 0.765. The van der Waals surface area contributed by atoms with E-state index >= 15 is 0 Å². The maximum absolute atomic E-state index is 12.3. The van der Waals surface area contributed by atoms with Crippen LogP contribution in [0.15, 0.2) is 0 Å². The van der Waals surface area contributed by atoms with Crippen molar-refractivity contribution in [1.82, 2.24) is 9.80 Å². The average molecular weight is 390 g/mol. The molecule has 0 aliphatic carbocycles. The molecule has 1 saturated heterocycles. The standard InChI is InChI=1S/C16H28N2O6.CH2O2/c1-15(2,3)23-13(20)17-8-9-18(11(10-17)12(19)22-7)14(21)24-16(4,5)6;2-1-3/h11H,8-10H2,1-7H3;1H,(H,2,3)/t11-;/m1./s1. The Bertz CT molecular complexity index is 536. The van der Waals surface area contributed by atoms with Gasteiger partial charge in [-0.25, -0.2) is 14.4 Å². The lowest BCUT2D eigenvalue weighted by molar-refractivity contribution is -0.149. The molecule has 0 aromatic carbocycles.